The van der Waals surface area contributed by atoms with Crippen LogP contribution in [0.5, 0.6) is 0 Å². The maximum absolute atomic E-state index is 11.9. The lowest BCUT2D eigenvalue weighted by Crippen LogP contribution is -2.41. The maximum Gasteiger partial charge on any atom is 0.303 e. The molecule has 3 N–H and O–H groups in total. The average molecular weight is 401 g/mol. The second-order valence-corrected chi connectivity index (χ2v) is 7.68. The van der Waals surface area contributed by atoms with Crippen molar-refractivity contribution in [1.29, 1.82) is 0 Å². The fourth-order valence-corrected chi connectivity index (χ4v) is 3.03. The molecule has 1 aliphatic heterocycles. The van der Waals surface area contributed by atoms with E-state index in [4.69, 9.17) is 14.6 Å². The molecule has 0 spiro atoms. The normalized spacial score (nSPS) is 18.0. The molecule has 2 amide bonds. The van der Waals surface area contributed by atoms with Gasteiger partial charge in [0.2, 0.25) is 5.91 Å². The molecular formula is C20H36N2O6. The smallest absolute Gasteiger partial charge is 0.303 e. The van der Waals surface area contributed by atoms with Crippen molar-refractivity contribution < 1.29 is 29.0 Å². The highest BCUT2D eigenvalue weighted by molar-refractivity contribution is 5.81. The number of carbonyl (C=O) groups is 3. The van der Waals surface area contributed by atoms with Crippen LogP contribution in [0.2, 0.25) is 0 Å². The van der Waals surface area contributed by atoms with E-state index in [0.717, 1.165) is 51.4 Å². The molecule has 8 heteroatoms. The number of carboxylic acid groups (broad SMARTS) is 1. The summed E-state index contributed by atoms with van der Waals surface area (Å²) >= 11 is 0. The summed E-state index contributed by atoms with van der Waals surface area (Å²) in [5.74, 6) is -1.66. The van der Waals surface area contributed by atoms with Gasteiger partial charge in [0.1, 0.15) is 0 Å². The molecule has 0 aromatic rings. The van der Waals surface area contributed by atoms with E-state index in [2.05, 4.69) is 10.6 Å². The summed E-state index contributed by atoms with van der Waals surface area (Å²) in [6, 6.07) is 0. The Labute approximate surface area is 167 Å². The van der Waals surface area contributed by atoms with Crippen LogP contribution in [-0.2, 0) is 23.9 Å². The Bertz CT molecular complexity index is 495. The van der Waals surface area contributed by atoms with Gasteiger partial charge in [-0.05, 0) is 26.7 Å². The zero-order chi connectivity index (χ0) is 20.8. The van der Waals surface area contributed by atoms with Crippen LogP contribution in [-0.4, -0.2) is 54.5 Å². The van der Waals surface area contributed by atoms with Crippen molar-refractivity contribution in [2.45, 2.75) is 89.9 Å². The van der Waals surface area contributed by atoms with Crippen molar-refractivity contribution in [2.24, 2.45) is 0 Å². The first-order chi connectivity index (χ1) is 13.3. The zero-order valence-electron chi connectivity index (χ0n) is 17.3. The van der Waals surface area contributed by atoms with Gasteiger partial charge in [-0.2, -0.15) is 0 Å². The zero-order valence-corrected chi connectivity index (χ0v) is 17.3. The number of ether oxygens (including phenoxy) is 2. The summed E-state index contributed by atoms with van der Waals surface area (Å²) in [4.78, 5) is 34.1. The number of aliphatic carboxylic acids is 1. The predicted molar refractivity (Wildman–Crippen MR) is 105 cm³/mol. The summed E-state index contributed by atoms with van der Waals surface area (Å²) in [5, 5.41) is 14.1. The third kappa shape index (κ3) is 11.9. The molecule has 1 aliphatic rings. The van der Waals surface area contributed by atoms with Crippen LogP contribution < -0.4 is 10.6 Å². The van der Waals surface area contributed by atoms with Crippen LogP contribution in [0.3, 0.4) is 0 Å². The number of carbonyl (C=O) groups excluding carboxylic acids is 2. The Morgan fingerprint density at radius 1 is 0.893 bits per heavy atom. The lowest BCUT2D eigenvalue weighted by atomic mass is 10.1. The second kappa shape index (κ2) is 13.5. The Kier molecular flexibility index (Phi) is 11.7. The van der Waals surface area contributed by atoms with E-state index in [9.17, 15) is 14.4 Å². The molecule has 1 fully saturated rings. The summed E-state index contributed by atoms with van der Waals surface area (Å²) < 4.78 is 10.8. The SMILES string of the molecule is CC1(C)OCC(C(=O)NCCNC(=O)CCCCCCCCCCC(=O)O)O1. The highest BCUT2D eigenvalue weighted by Crippen LogP contribution is 2.22. The van der Waals surface area contributed by atoms with Crippen molar-refractivity contribution in [2.75, 3.05) is 19.7 Å². The molecule has 0 radical (unpaired) electrons. The number of amides is 2. The van der Waals surface area contributed by atoms with Crippen LogP contribution in [0.4, 0.5) is 0 Å². The minimum Gasteiger partial charge on any atom is -0.481 e. The maximum atomic E-state index is 11.9. The summed E-state index contributed by atoms with van der Waals surface area (Å²) in [6.07, 6.45) is 8.22. The number of nitrogens with one attached hydrogen (secondary N) is 2. The fourth-order valence-electron chi connectivity index (χ4n) is 3.03. The Morgan fingerprint density at radius 2 is 1.43 bits per heavy atom. The number of hydrogen-bond donors (Lipinski definition) is 3. The van der Waals surface area contributed by atoms with Crippen molar-refractivity contribution >= 4 is 17.8 Å². The molecule has 1 unspecified atom stereocenters. The van der Waals surface area contributed by atoms with Gasteiger partial charge < -0.3 is 25.2 Å². The van der Waals surface area contributed by atoms with Crippen LogP contribution in [0, 0.1) is 0 Å². The first-order valence-corrected chi connectivity index (χ1v) is 10.4. The first-order valence-electron chi connectivity index (χ1n) is 10.4. The van der Waals surface area contributed by atoms with Crippen molar-refractivity contribution in [3.63, 3.8) is 0 Å². The van der Waals surface area contributed by atoms with E-state index in [-0.39, 0.29) is 24.8 Å². The van der Waals surface area contributed by atoms with Crippen LogP contribution in [0.15, 0.2) is 0 Å². The predicted octanol–water partition coefficient (Wildman–Crippen LogP) is 2.36. The molecule has 162 valence electrons. The molecule has 0 bridgehead atoms. The van der Waals surface area contributed by atoms with Crippen molar-refractivity contribution in [1.82, 2.24) is 10.6 Å². The average Bonchev–Trinajstić information content (AvgIpc) is 3.00. The van der Waals surface area contributed by atoms with Gasteiger partial charge >= 0.3 is 5.97 Å². The molecule has 0 saturated carbocycles. The van der Waals surface area contributed by atoms with Crippen molar-refractivity contribution in [3.8, 4) is 0 Å². The number of unbranched alkanes of at least 4 members (excludes halogenated alkanes) is 7. The van der Waals surface area contributed by atoms with Gasteiger partial charge in [0.15, 0.2) is 11.9 Å². The fraction of sp³-hybridized carbons (Fsp3) is 0.850. The number of hydrogen-bond acceptors (Lipinski definition) is 5. The molecule has 1 atom stereocenters. The monoisotopic (exact) mass is 400 g/mol. The van der Waals surface area contributed by atoms with E-state index in [0.29, 0.717) is 19.5 Å². The Morgan fingerprint density at radius 3 is 1.96 bits per heavy atom. The van der Waals surface area contributed by atoms with Gasteiger partial charge in [0.25, 0.3) is 5.91 Å². The standard InChI is InChI=1S/C20H36N2O6/c1-20(2)27-15-16(28-20)19(26)22-14-13-21-17(23)11-9-7-5-3-4-6-8-10-12-18(24)25/h16H,3-15H2,1-2H3,(H,21,23)(H,22,26)(H,24,25). The highest BCUT2D eigenvalue weighted by Gasteiger charge is 2.36. The molecule has 0 aliphatic carbocycles. The molecule has 1 rings (SSSR count). The molecule has 8 nitrogen and oxygen atoms in total. The van der Waals surface area contributed by atoms with Gasteiger partial charge in [-0.15, -0.1) is 0 Å². The minimum atomic E-state index is -0.726. The van der Waals surface area contributed by atoms with Crippen LogP contribution in [0.1, 0.15) is 78.1 Å². The lowest BCUT2D eigenvalue weighted by molar-refractivity contribution is -0.153. The first kappa shape index (κ1) is 24.4. The lowest BCUT2D eigenvalue weighted by Gasteiger charge is -2.16. The molecular weight excluding hydrogens is 364 g/mol. The van der Waals surface area contributed by atoms with Gasteiger partial charge in [0.05, 0.1) is 6.61 Å². The topological polar surface area (TPSA) is 114 Å². The van der Waals surface area contributed by atoms with E-state index in [1.165, 1.54) is 0 Å². The quantitative estimate of drug-likeness (QED) is 0.364. The molecule has 0 aromatic heterocycles. The van der Waals surface area contributed by atoms with E-state index < -0.39 is 17.9 Å². The highest BCUT2D eigenvalue weighted by atomic mass is 16.7. The third-order valence-corrected chi connectivity index (χ3v) is 4.59. The number of carboxylic acids is 1. The Balaban J connectivity index is 1.88. The van der Waals surface area contributed by atoms with Gasteiger partial charge in [-0.3, -0.25) is 14.4 Å². The van der Waals surface area contributed by atoms with Crippen LogP contribution >= 0.6 is 0 Å². The molecule has 0 aromatic carbocycles. The molecule has 28 heavy (non-hydrogen) atoms. The summed E-state index contributed by atoms with van der Waals surface area (Å²) in [5.41, 5.74) is 0. The molecule has 1 saturated heterocycles. The summed E-state index contributed by atoms with van der Waals surface area (Å²) in [7, 11) is 0. The Hall–Kier alpha value is -1.67. The summed E-state index contributed by atoms with van der Waals surface area (Å²) in [6.45, 7) is 4.55. The molecule has 1 heterocycles. The second-order valence-electron chi connectivity index (χ2n) is 7.68. The van der Waals surface area contributed by atoms with E-state index in [1.54, 1.807) is 13.8 Å². The van der Waals surface area contributed by atoms with Crippen LogP contribution in [0.25, 0.3) is 0 Å². The van der Waals surface area contributed by atoms with Gasteiger partial charge in [-0.1, -0.05) is 38.5 Å². The number of rotatable bonds is 15. The minimum absolute atomic E-state index is 0.00417. The van der Waals surface area contributed by atoms with E-state index in [1.807, 2.05) is 0 Å². The largest absolute Gasteiger partial charge is 0.481 e. The van der Waals surface area contributed by atoms with Gasteiger partial charge in [0, 0.05) is 25.9 Å². The van der Waals surface area contributed by atoms with Crippen molar-refractivity contribution in [3.05, 3.63) is 0 Å². The van der Waals surface area contributed by atoms with Gasteiger partial charge in [-0.25, -0.2) is 0 Å². The van der Waals surface area contributed by atoms with E-state index >= 15 is 0 Å². The third-order valence-electron chi connectivity index (χ3n) is 4.59.